The monoisotopic (exact) mass is 380 g/mol. The van der Waals surface area contributed by atoms with Crippen LogP contribution >= 0.6 is 0 Å². The number of nitrogens with zero attached hydrogens (tertiary/aromatic N) is 2. The molecule has 144 valence electrons. The van der Waals surface area contributed by atoms with Gasteiger partial charge in [0.1, 0.15) is 12.3 Å². The first-order valence-electron chi connectivity index (χ1n) is 8.98. The van der Waals surface area contributed by atoms with Crippen LogP contribution in [-0.4, -0.2) is 50.5 Å². The van der Waals surface area contributed by atoms with E-state index in [0.29, 0.717) is 17.1 Å². The Morgan fingerprint density at radius 3 is 2.64 bits per heavy atom. The Labute approximate surface area is 162 Å². The van der Waals surface area contributed by atoms with E-state index in [1.165, 1.54) is 4.90 Å². The number of benzene rings is 2. The molecule has 2 aliphatic heterocycles. The fraction of sp³-hybridized carbons (Fsp3) is 0.250. The summed E-state index contributed by atoms with van der Waals surface area (Å²) in [6, 6.07) is 14.5. The van der Waals surface area contributed by atoms with Gasteiger partial charge >= 0.3 is 0 Å². The SMILES string of the molecule is CNC(=O)[C@@H]1CN(CC(=O)N2CC(=O)Nc3ccccc32)c2ccccc2O1. The minimum atomic E-state index is -0.718. The fourth-order valence-electron chi connectivity index (χ4n) is 3.46. The maximum absolute atomic E-state index is 13.1. The zero-order valence-corrected chi connectivity index (χ0v) is 15.3. The van der Waals surface area contributed by atoms with Gasteiger partial charge in [0.2, 0.25) is 11.8 Å². The van der Waals surface area contributed by atoms with E-state index in [4.69, 9.17) is 4.74 Å². The van der Waals surface area contributed by atoms with Gasteiger partial charge in [-0.2, -0.15) is 0 Å². The highest BCUT2D eigenvalue weighted by molar-refractivity contribution is 6.10. The Kier molecular flexibility index (Phi) is 4.60. The Hall–Kier alpha value is -3.55. The summed E-state index contributed by atoms with van der Waals surface area (Å²) in [5.74, 6) is -0.172. The second-order valence-corrected chi connectivity index (χ2v) is 6.61. The summed E-state index contributed by atoms with van der Waals surface area (Å²) in [7, 11) is 1.55. The quantitative estimate of drug-likeness (QED) is 0.829. The molecule has 28 heavy (non-hydrogen) atoms. The van der Waals surface area contributed by atoms with E-state index in [9.17, 15) is 14.4 Å². The predicted molar refractivity (Wildman–Crippen MR) is 105 cm³/mol. The number of ether oxygens (including phenoxy) is 1. The molecule has 2 aliphatic rings. The summed E-state index contributed by atoms with van der Waals surface area (Å²) in [5, 5.41) is 5.36. The summed E-state index contributed by atoms with van der Waals surface area (Å²) >= 11 is 0. The van der Waals surface area contributed by atoms with Crippen LogP contribution in [0.25, 0.3) is 0 Å². The Bertz CT molecular complexity index is 945. The van der Waals surface area contributed by atoms with Crippen molar-refractivity contribution < 1.29 is 19.1 Å². The van der Waals surface area contributed by atoms with Gasteiger partial charge in [0.15, 0.2) is 6.10 Å². The van der Waals surface area contributed by atoms with Crippen LogP contribution < -0.4 is 25.2 Å². The second-order valence-electron chi connectivity index (χ2n) is 6.61. The van der Waals surface area contributed by atoms with E-state index < -0.39 is 6.10 Å². The van der Waals surface area contributed by atoms with Gasteiger partial charge in [-0.25, -0.2) is 0 Å². The summed E-state index contributed by atoms with van der Waals surface area (Å²) in [4.78, 5) is 40.5. The Morgan fingerprint density at radius 1 is 1.14 bits per heavy atom. The van der Waals surface area contributed by atoms with Gasteiger partial charge in [-0.3, -0.25) is 19.3 Å². The lowest BCUT2D eigenvalue weighted by atomic mass is 10.1. The molecule has 8 heteroatoms. The van der Waals surface area contributed by atoms with Crippen molar-refractivity contribution in [1.29, 1.82) is 0 Å². The van der Waals surface area contributed by atoms with Gasteiger partial charge in [-0.1, -0.05) is 24.3 Å². The van der Waals surface area contributed by atoms with Crippen LogP contribution in [0.3, 0.4) is 0 Å². The molecule has 2 aromatic carbocycles. The number of likely N-dealkylation sites (N-methyl/N-ethyl adjacent to an activating group) is 1. The van der Waals surface area contributed by atoms with Crippen LogP contribution in [0.1, 0.15) is 0 Å². The van der Waals surface area contributed by atoms with E-state index in [2.05, 4.69) is 10.6 Å². The van der Waals surface area contributed by atoms with Gasteiger partial charge in [-0.15, -0.1) is 0 Å². The summed E-state index contributed by atoms with van der Waals surface area (Å²) in [5.41, 5.74) is 2.01. The first-order chi connectivity index (χ1) is 13.6. The van der Waals surface area contributed by atoms with Crippen molar-refractivity contribution in [2.45, 2.75) is 6.10 Å². The smallest absolute Gasteiger partial charge is 0.262 e. The topological polar surface area (TPSA) is 91.0 Å². The van der Waals surface area contributed by atoms with Crippen molar-refractivity contribution >= 4 is 34.8 Å². The molecule has 2 heterocycles. The molecule has 4 rings (SSSR count). The molecule has 3 amide bonds. The van der Waals surface area contributed by atoms with Gasteiger partial charge in [0, 0.05) is 7.05 Å². The molecule has 0 bridgehead atoms. The highest BCUT2D eigenvalue weighted by Crippen LogP contribution is 2.34. The molecule has 0 spiro atoms. The lowest BCUT2D eigenvalue weighted by Crippen LogP contribution is -2.52. The van der Waals surface area contributed by atoms with Crippen molar-refractivity contribution in [2.24, 2.45) is 0 Å². The minimum Gasteiger partial charge on any atom is -0.477 e. The lowest BCUT2D eigenvalue weighted by Gasteiger charge is -2.37. The number of hydrogen-bond acceptors (Lipinski definition) is 5. The van der Waals surface area contributed by atoms with Crippen LogP contribution in [0.5, 0.6) is 5.75 Å². The number of anilines is 3. The first kappa shape index (κ1) is 17.8. The molecule has 0 saturated heterocycles. The summed E-state index contributed by atoms with van der Waals surface area (Å²) in [6.07, 6.45) is -0.718. The first-order valence-corrected chi connectivity index (χ1v) is 8.98. The Balaban J connectivity index is 1.60. The third-order valence-corrected chi connectivity index (χ3v) is 4.80. The number of amides is 3. The van der Waals surface area contributed by atoms with Crippen molar-refractivity contribution in [3.63, 3.8) is 0 Å². The average molecular weight is 380 g/mol. The van der Waals surface area contributed by atoms with Gasteiger partial charge in [-0.05, 0) is 24.3 Å². The van der Waals surface area contributed by atoms with Crippen LogP contribution in [0.4, 0.5) is 17.1 Å². The molecule has 0 saturated carbocycles. The van der Waals surface area contributed by atoms with Crippen LogP contribution in [0.2, 0.25) is 0 Å². The zero-order chi connectivity index (χ0) is 19.7. The predicted octanol–water partition coefficient (Wildman–Crippen LogP) is 0.985. The molecular formula is C20H20N4O4. The molecule has 0 unspecified atom stereocenters. The fourth-order valence-corrected chi connectivity index (χ4v) is 3.46. The van der Waals surface area contributed by atoms with E-state index in [0.717, 1.165) is 5.69 Å². The largest absolute Gasteiger partial charge is 0.477 e. The highest BCUT2D eigenvalue weighted by Gasteiger charge is 2.33. The van der Waals surface area contributed by atoms with E-state index >= 15 is 0 Å². The van der Waals surface area contributed by atoms with E-state index in [1.54, 1.807) is 31.3 Å². The molecule has 2 N–H and O–H groups in total. The number of para-hydroxylation sites is 4. The summed E-state index contributed by atoms with van der Waals surface area (Å²) < 4.78 is 5.77. The van der Waals surface area contributed by atoms with Crippen LogP contribution in [-0.2, 0) is 14.4 Å². The number of fused-ring (bicyclic) bond motifs is 2. The lowest BCUT2D eigenvalue weighted by molar-refractivity contribution is -0.127. The van der Waals surface area contributed by atoms with Crippen LogP contribution in [0, 0.1) is 0 Å². The molecule has 2 aromatic rings. The molecule has 0 fully saturated rings. The van der Waals surface area contributed by atoms with Crippen molar-refractivity contribution in [2.75, 3.05) is 41.8 Å². The minimum absolute atomic E-state index is 0.0233. The average Bonchev–Trinajstić information content (AvgIpc) is 2.72. The standard InChI is InChI=1S/C20H20N4O4/c1-21-20(27)17-10-23(15-8-4-5-9-16(15)28-17)12-19(26)24-11-18(25)22-13-6-2-3-7-14(13)24/h2-9,17H,10-12H2,1H3,(H,21,27)(H,22,25)/t17-/m0/s1. The molecular weight excluding hydrogens is 360 g/mol. The third-order valence-electron chi connectivity index (χ3n) is 4.80. The van der Waals surface area contributed by atoms with Crippen molar-refractivity contribution in [3.8, 4) is 5.75 Å². The highest BCUT2D eigenvalue weighted by atomic mass is 16.5. The van der Waals surface area contributed by atoms with Crippen molar-refractivity contribution in [1.82, 2.24) is 5.32 Å². The summed E-state index contributed by atoms with van der Waals surface area (Å²) in [6.45, 7) is 0.223. The van der Waals surface area contributed by atoms with E-state index in [1.807, 2.05) is 29.2 Å². The molecule has 1 atom stereocenters. The molecule has 0 aliphatic carbocycles. The van der Waals surface area contributed by atoms with Gasteiger partial charge in [0.05, 0.1) is 30.2 Å². The maximum atomic E-state index is 13.1. The van der Waals surface area contributed by atoms with Gasteiger partial charge in [0.25, 0.3) is 5.91 Å². The number of nitrogens with one attached hydrogen (secondary N) is 2. The normalized spacial score (nSPS) is 17.8. The number of rotatable bonds is 3. The molecule has 8 nitrogen and oxygen atoms in total. The van der Waals surface area contributed by atoms with Crippen LogP contribution in [0.15, 0.2) is 48.5 Å². The second kappa shape index (κ2) is 7.22. The van der Waals surface area contributed by atoms with E-state index in [-0.39, 0.29) is 37.4 Å². The maximum Gasteiger partial charge on any atom is 0.262 e. The Morgan fingerprint density at radius 2 is 1.86 bits per heavy atom. The number of carbonyl (C=O) groups excluding carboxylic acids is 3. The van der Waals surface area contributed by atoms with Gasteiger partial charge < -0.3 is 20.3 Å². The third kappa shape index (κ3) is 3.24. The number of hydrogen-bond donors (Lipinski definition) is 2. The number of carbonyl (C=O) groups is 3. The van der Waals surface area contributed by atoms with Crippen molar-refractivity contribution in [3.05, 3.63) is 48.5 Å². The molecule has 0 radical (unpaired) electrons. The zero-order valence-electron chi connectivity index (χ0n) is 15.3. The molecule has 0 aromatic heterocycles.